The molecule has 10 heteroatoms. The molecule has 4 aliphatic rings. The standard InChI is InChI=1S/C21H30N2O6.CH3Cl.CH4O/c1-21(13-24)8-10-22(11-9-21)16(25)5-3-2-4-12-28-23-19(26)17-14-6-7-15(29-14)18(17)20(23)27;2*1-2/h6-7,14-15,17-18,24H,2-5,8-13H2,1H3;1H3;2H,1H3/i1T;1T2;2T. The first kappa shape index (κ1) is 22.0. The number of aliphatic hydroxyl groups excluding tert-OH is 2. The van der Waals surface area contributed by atoms with E-state index in [1.807, 2.05) is 17.1 Å². The Morgan fingerprint density at radius 2 is 1.82 bits per heavy atom. The molecule has 0 aromatic carbocycles. The number of likely N-dealkylation sites (tertiary alicyclic amines) is 1. The summed E-state index contributed by atoms with van der Waals surface area (Å²) >= 11 is 4.61. The van der Waals surface area contributed by atoms with E-state index in [1.165, 1.54) is 7.11 Å². The second-order valence-electron chi connectivity index (χ2n) is 8.66. The number of unbranched alkanes of at least 4 members (excludes halogenated alkanes) is 2. The molecular weight excluding hydrogens is 452 g/mol. The molecule has 0 aromatic rings. The molecule has 0 aliphatic carbocycles. The summed E-state index contributed by atoms with van der Waals surface area (Å²) in [5.74, 6) is -1.42. The van der Waals surface area contributed by atoms with Gasteiger partial charge in [-0.05, 0) is 31.1 Å². The first-order chi connectivity index (χ1) is 17.6. The van der Waals surface area contributed by atoms with Gasteiger partial charge >= 0.3 is 0 Å². The third kappa shape index (κ3) is 6.14. The molecule has 2 bridgehead atoms. The Bertz CT molecular complexity index is 760. The predicted octanol–water partition coefficient (Wildman–Crippen LogP) is 1.50. The number of aliphatic hydroxyl groups is 2. The van der Waals surface area contributed by atoms with Gasteiger partial charge in [0.1, 0.15) is 0 Å². The number of piperidine rings is 1. The fraction of sp³-hybridized carbons (Fsp3) is 0.783. The first-order valence-electron chi connectivity index (χ1n) is 13.4. The number of amides is 3. The minimum absolute atomic E-state index is 0.00684. The number of halogens is 1. The molecule has 188 valence electrons. The van der Waals surface area contributed by atoms with Gasteiger partial charge in [-0.25, -0.2) is 0 Å². The highest BCUT2D eigenvalue weighted by molar-refractivity contribution is 6.15. The summed E-state index contributed by atoms with van der Waals surface area (Å²) in [5.41, 5.74) is -0.348. The van der Waals surface area contributed by atoms with Crippen LogP contribution in [0.4, 0.5) is 0 Å². The Hall–Kier alpha value is -1.52. The smallest absolute Gasteiger partial charge is 0.260 e. The highest BCUT2D eigenvalue weighted by Gasteiger charge is 2.61. The molecule has 2 N–H and O–H groups in total. The van der Waals surface area contributed by atoms with Crippen LogP contribution in [0.3, 0.4) is 0 Å². The molecule has 0 aromatic heterocycles. The molecule has 4 unspecified atom stereocenters. The van der Waals surface area contributed by atoms with E-state index in [-0.39, 0.29) is 55.5 Å². The van der Waals surface area contributed by atoms with Crippen LogP contribution in [-0.2, 0) is 24.0 Å². The number of alkyl halides is 1. The van der Waals surface area contributed by atoms with Crippen molar-refractivity contribution in [2.24, 2.45) is 17.3 Å². The highest BCUT2D eigenvalue weighted by atomic mass is 35.5. The minimum atomic E-state index is -1.19. The second kappa shape index (κ2) is 12.8. The van der Waals surface area contributed by atoms with Crippen LogP contribution in [0, 0.1) is 17.3 Å². The van der Waals surface area contributed by atoms with Crippen molar-refractivity contribution in [2.75, 3.05) is 39.7 Å². The zero-order chi connectivity index (χ0) is 27.6. The zero-order valence-corrected chi connectivity index (χ0v) is 19.7. The van der Waals surface area contributed by atoms with Crippen molar-refractivity contribution in [2.45, 2.75) is 57.6 Å². The molecule has 0 spiro atoms. The molecule has 4 aliphatic heterocycles. The summed E-state index contributed by atoms with van der Waals surface area (Å²) in [5, 5.41) is 13.9. The van der Waals surface area contributed by atoms with Gasteiger partial charge in [-0.3, -0.25) is 19.2 Å². The van der Waals surface area contributed by atoms with Crippen molar-refractivity contribution in [3.8, 4) is 0 Å². The van der Waals surface area contributed by atoms with Gasteiger partial charge in [0.15, 0.2) is 0 Å². The second-order valence-corrected chi connectivity index (χ2v) is 8.66. The van der Waals surface area contributed by atoms with Crippen molar-refractivity contribution in [1.82, 2.24) is 9.96 Å². The Morgan fingerprint density at radius 1 is 1.24 bits per heavy atom. The molecule has 3 amide bonds. The number of ether oxygens (including phenoxy) is 1. The molecule has 4 heterocycles. The average molecular weight is 497 g/mol. The number of hydroxylamine groups is 2. The summed E-state index contributed by atoms with van der Waals surface area (Å²) in [7, 11) is 1.29. The third-order valence-corrected chi connectivity index (χ3v) is 6.64. The number of carbonyl (C=O) groups is 3. The maximum absolute atomic E-state index is 12.4. The van der Waals surface area contributed by atoms with E-state index < -0.39 is 18.2 Å². The normalized spacial score (nSPS) is 30.5. The van der Waals surface area contributed by atoms with Crippen molar-refractivity contribution < 1.29 is 38.3 Å². The molecule has 4 rings (SSSR count). The zero-order valence-electron chi connectivity index (χ0n) is 23.0. The monoisotopic (exact) mass is 496 g/mol. The summed E-state index contributed by atoms with van der Waals surface area (Å²) in [6.45, 7) is 1.67. The van der Waals surface area contributed by atoms with E-state index in [0.717, 1.165) is 17.9 Å². The fourth-order valence-electron chi connectivity index (χ4n) is 4.66. The Balaban J connectivity index is 0.000000616. The van der Waals surface area contributed by atoms with Crippen LogP contribution in [0.15, 0.2) is 12.2 Å². The minimum Gasteiger partial charge on any atom is -0.400 e. The van der Waals surface area contributed by atoms with Gasteiger partial charge in [-0.1, -0.05) is 25.5 Å². The lowest BCUT2D eigenvalue weighted by molar-refractivity contribution is -0.192. The highest BCUT2D eigenvalue weighted by Crippen LogP contribution is 2.45. The van der Waals surface area contributed by atoms with Gasteiger partial charge in [0.25, 0.3) is 11.8 Å². The van der Waals surface area contributed by atoms with E-state index in [9.17, 15) is 19.5 Å². The van der Waals surface area contributed by atoms with Gasteiger partial charge in [-0.15, -0.1) is 11.6 Å². The largest absolute Gasteiger partial charge is 0.400 e. The number of hydrogen-bond donors (Lipinski definition) is 2. The van der Waals surface area contributed by atoms with Crippen LogP contribution < -0.4 is 0 Å². The van der Waals surface area contributed by atoms with Gasteiger partial charge in [0.2, 0.25) is 7.34 Å². The van der Waals surface area contributed by atoms with Gasteiger partial charge in [0, 0.05) is 43.7 Å². The SMILES string of the molecule is [3H]C([3H])Cl.[3H]CC1(CO)CCN(C(=O)CCCCCON2C(=O)C3C4C=CC(O4)C3C2=O)CC1.[3H]OC. The quantitative estimate of drug-likeness (QED) is 0.226. The Morgan fingerprint density at radius 3 is 2.33 bits per heavy atom. The Labute approximate surface area is 206 Å². The lowest BCUT2D eigenvalue weighted by Gasteiger charge is -2.38. The number of carbonyl (C=O) groups excluding carboxylic acids is 3. The average Bonchev–Trinajstić information content (AvgIpc) is 3.56. The topological polar surface area (TPSA) is 117 Å². The van der Waals surface area contributed by atoms with Crippen LogP contribution in [0.2, 0.25) is 0 Å². The maximum Gasteiger partial charge on any atom is 0.260 e. The van der Waals surface area contributed by atoms with Gasteiger partial charge in [0.05, 0.1) is 30.7 Å². The Kier molecular flexibility index (Phi) is 8.53. The predicted molar refractivity (Wildman–Crippen MR) is 122 cm³/mol. The third-order valence-electron chi connectivity index (χ3n) is 6.64. The molecular formula is C23H37ClN2O7. The van der Waals surface area contributed by atoms with Crippen LogP contribution in [0.25, 0.3) is 0 Å². The van der Waals surface area contributed by atoms with Gasteiger partial charge in [-0.2, -0.15) is 5.06 Å². The maximum atomic E-state index is 12.4. The van der Waals surface area contributed by atoms with Crippen molar-refractivity contribution >= 4 is 29.3 Å². The van der Waals surface area contributed by atoms with E-state index in [2.05, 4.69) is 16.7 Å². The number of imide groups is 1. The van der Waals surface area contributed by atoms with Crippen LogP contribution in [0.1, 0.15) is 49.5 Å². The summed E-state index contributed by atoms with van der Waals surface area (Å²) in [4.78, 5) is 44.6. The van der Waals surface area contributed by atoms with E-state index in [0.29, 0.717) is 38.8 Å². The first-order valence-corrected chi connectivity index (χ1v) is 11.6. The molecule has 0 radical (unpaired) electrons. The van der Waals surface area contributed by atoms with Crippen LogP contribution >= 0.6 is 11.6 Å². The fourth-order valence-corrected chi connectivity index (χ4v) is 4.66. The van der Waals surface area contributed by atoms with E-state index >= 15 is 0 Å². The molecule has 33 heavy (non-hydrogen) atoms. The number of rotatable bonds is 8. The lowest BCUT2D eigenvalue weighted by Crippen LogP contribution is -2.43. The molecule has 0 saturated carbocycles. The van der Waals surface area contributed by atoms with Crippen molar-refractivity contribution in [3.05, 3.63) is 12.2 Å². The molecule has 9 nitrogen and oxygen atoms in total. The molecule has 4 atom stereocenters. The number of nitrogens with zero attached hydrogens (tertiary/aromatic N) is 2. The van der Waals surface area contributed by atoms with Crippen molar-refractivity contribution in [3.63, 3.8) is 0 Å². The summed E-state index contributed by atoms with van der Waals surface area (Å²) in [6, 6.07) is 0. The molecule has 3 fully saturated rings. The van der Waals surface area contributed by atoms with Crippen molar-refractivity contribution in [1.29, 1.82) is 1.43 Å². The lowest BCUT2D eigenvalue weighted by atomic mass is 9.81. The van der Waals surface area contributed by atoms with Gasteiger partial charge < -0.3 is 19.9 Å². The number of fused-ring (bicyclic) bond motifs is 5. The van der Waals surface area contributed by atoms with Crippen LogP contribution in [0.5, 0.6) is 0 Å². The van der Waals surface area contributed by atoms with E-state index in [4.69, 9.17) is 15.1 Å². The molecule has 3 saturated heterocycles. The van der Waals surface area contributed by atoms with E-state index in [1.54, 1.807) is 0 Å². The van der Waals surface area contributed by atoms with Crippen LogP contribution in [-0.4, -0.2) is 91.3 Å². The summed E-state index contributed by atoms with van der Waals surface area (Å²) < 4.78 is 30.9. The number of hydrogen-bond acceptors (Lipinski definition) is 7. The summed E-state index contributed by atoms with van der Waals surface area (Å²) in [6.07, 6.45) is 5.82.